The molecule has 0 aliphatic carbocycles. The molecular formula is C11H10NO. The Bertz CT molecular complexity index is 442. The molecule has 0 unspecified atom stereocenters. The quantitative estimate of drug-likeness (QED) is 0.637. The molecule has 1 aromatic carbocycles. The van der Waals surface area contributed by atoms with Gasteiger partial charge in [0.15, 0.2) is 6.29 Å². The fourth-order valence-electron chi connectivity index (χ4n) is 1.55. The van der Waals surface area contributed by atoms with Crippen molar-refractivity contribution < 1.29 is 4.79 Å². The summed E-state index contributed by atoms with van der Waals surface area (Å²) >= 11 is 0. The molecule has 1 heterocycles. The molecule has 0 aliphatic heterocycles. The van der Waals surface area contributed by atoms with E-state index in [1.807, 2.05) is 35.0 Å². The van der Waals surface area contributed by atoms with E-state index in [4.69, 9.17) is 0 Å². The number of hydrogen-bond donors (Lipinski definition) is 0. The van der Waals surface area contributed by atoms with Crippen LogP contribution in [0.15, 0.2) is 30.5 Å². The van der Waals surface area contributed by atoms with E-state index in [2.05, 4.69) is 6.92 Å². The topological polar surface area (TPSA) is 22.0 Å². The van der Waals surface area contributed by atoms with Crippen molar-refractivity contribution >= 4 is 17.2 Å². The third-order valence-electron chi connectivity index (χ3n) is 2.19. The maximum atomic E-state index is 10.7. The predicted molar refractivity (Wildman–Crippen MR) is 52.7 cm³/mol. The molecular weight excluding hydrogens is 162 g/mol. The van der Waals surface area contributed by atoms with Crippen LogP contribution in [0, 0.1) is 6.92 Å². The summed E-state index contributed by atoms with van der Waals surface area (Å²) in [5.41, 5.74) is 1.80. The maximum Gasteiger partial charge on any atom is 0.152 e. The second kappa shape index (κ2) is 3.05. The highest BCUT2D eigenvalue weighted by Crippen LogP contribution is 2.19. The lowest BCUT2D eigenvalue weighted by Crippen LogP contribution is -1.90. The van der Waals surface area contributed by atoms with Crippen molar-refractivity contribution in [1.82, 2.24) is 4.57 Å². The summed E-state index contributed by atoms with van der Waals surface area (Å²) in [7, 11) is 0. The fraction of sp³-hybridized carbons (Fsp3) is 0.0909. The SMILES string of the molecule is [CH2]Cn1cc(C=O)c2ccccc21. The molecule has 2 aromatic rings. The largest absolute Gasteiger partial charge is 0.347 e. The zero-order valence-electron chi connectivity index (χ0n) is 7.23. The van der Waals surface area contributed by atoms with E-state index >= 15 is 0 Å². The molecule has 2 heteroatoms. The summed E-state index contributed by atoms with van der Waals surface area (Å²) in [4.78, 5) is 10.7. The highest BCUT2D eigenvalue weighted by Gasteiger charge is 2.04. The van der Waals surface area contributed by atoms with E-state index in [1.165, 1.54) is 0 Å². The Hall–Kier alpha value is -1.57. The first-order valence-corrected chi connectivity index (χ1v) is 4.19. The molecule has 2 rings (SSSR count). The van der Waals surface area contributed by atoms with Gasteiger partial charge < -0.3 is 4.57 Å². The molecule has 1 aromatic heterocycles. The number of fused-ring (bicyclic) bond motifs is 1. The molecule has 2 nitrogen and oxygen atoms in total. The van der Waals surface area contributed by atoms with Gasteiger partial charge >= 0.3 is 0 Å². The highest BCUT2D eigenvalue weighted by molar-refractivity contribution is 5.97. The molecule has 0 saturated heterocycles. The fourth-order valence-corrected chi connectivity index (χ4v) is 1.55. The molecule has 65 valence electrons. The Morgan fingerprint density at radius 2 is 2.15 bits per heavy atom. The zero-order valence-corrected chi connectivity index (χ0v) is 7.23. The first-order chi connectivity index (χ1) is 6.36. The van der Waals surface area contributed by atoms with E-state index in [-0.39, 0.29) is 0 Å². The van der Waals surface area contributed by atoms with Gasteiger partial charge in [0.25, 0.3) is 0 Å². The van der Waals surface area contributed by atoms with Crippen molar-refractivity contribution in [1.29, 1.82) is 0 Å². The van der Waals surface area contributed by atoms with Crippen LogP contribution in [0.25, 0.3) is 10.9 Å². The van der Waals surface area contributed by atoms with Gasteiger partial charge in [-0.1, -0.05) is 18.2 Å². The van der Waals surface area contributed by atoms with Gasteiger partial charge in [-0.15, -0.1) is 0 Å². The number of aldehydes is 1. The van der Waals surface area contributed by atoms with Crippen molar-refractivity contribution in [3.05, 3.63) is 42.9 Å². The van der Waals surface area contributed by atoms with Crippen molar-refractivity contribution in [2.45, 2.75) is 6.54 Å². The molecule has 13 heavy (non-hydrogen) atoms. The minimum absolute atomic E-state index is 0.647. The first kappa shape index (κ1) is 8.05. The molecule has 0 spiro atoms. The summed E-state index contributed by atoms with van der Waals surface area (Å²) < 4.78 is 1.97. The maximum absolute atomic E-state index is 10.7. The Morgan fingerprint density at radius 1 is 1.38 bits per heavy atom. The Kier molecular flexibility index (Phi) is 1.89. The van der Waals surface area contributed by atoms with Crippen molar-refractivity contribution in [3.8, 4) is 0 Å². The highest BCUT2D eigenvalue weighted by atomic mass is 16.1. The van der Waals surface area contributed by atoms with Crippen LogP contribution < -0.4 is 0 Å². The molecule has 0 saturated carbocycles. The summed E-state index contributed by atoms with van der Waals surface area (Å²) in [5, 5.41) is 1.00. The Labute approximate surface area is 76.8 Å². The second-order valence-corrected chi connectivity index (χ2v) is 2.91. The lowest BCUT2D eigenvalue weighted by Gasteiger charge is -1.97. The average Bonchev–Trinajstić information content (AvgIpc) is 2.56. The third-order valence-corrected chi connectivity index (χ3v) is 2.19. The van der Waals surface area contributed by atoms with Gasteiger partial charge in [-0.2, -0.15) is 0 Å². The summed E-state index contributed by atoms with van der Waals surface area (Å²) in [6, 6.07) is 7.84. The van der Waals surface area contributed by atoms with Crippen LogP contribution in [0.5, 0.6) is 0 Å². The second-order valence-electron chi connectivity index (χ2n) is 2.91. The van der Waals surface area contributed by atoms with Crippen LogP contribution in [0.1, 0.15) is 10.4 Å². The van der Waals surface area contributed by atoms with E-state index in [0.29, 0.717) is 6.54 Å². The summed E-state index contributed by atoms with van der Waals surface area (Å²) in [6.07, 6.45) is 2.72. The molecule has 0 fully saturated rings. The van der Waals surface area contributed by atoms with Gasteiger partial charge in [0.2, 0.25) is 0 Å². The van der Waals surface area contributed by atoms with Crippen LogP contribution in [0.3, 0.4) is 0 Å². The minimum atomic E-state index is 0.647. The lowest BCUT2D eigenvalue weighted by molar-refractivity contribution is 0.112. The van der Waals surface area contributed by atoms with E-state index < -0.39 is 0 Å². The van der Waals surface area contributed by atoms with Gasteiger partial charge in [-0.25, -0.2) is 0 Å². The molecule has 0 bridgehead atoms. The molecule has 0 aliphatic rings. The number of carbonyl (C=O) groups excluding carboxylic acids is 1. The van der Waals surface area contributed by atoms with Gasteiger partial charge in [-0.3, -0.25) is 4.79 Å². The van der Waals surface area contributed by atoms with Gasteiger partial charge in [0.05, 0.1) is 0 Å². The number of aromatic nitrogens is 1. The standard InChI is InChI=1S/C11H10NO/c1-2-12-7-9(8-13)10-5-3-4-6-11(10)12/h3-8H,1-2H2. The number of hydrogen-bond acceptors (Lipinski definition) is 1. The smallest absolute Gasteiger partial charge is 0.152 e. The van der Waals surface area contributed by atoms with Crippen LogP contribution in [-0.4, -0.2) is 10.9 Å². The number of rotatable bonds is 2. The monoisotopic (exact) mass is 172 g/mol. The van der Waals surface area contributed by atoms with Crippen molar-refractivity contribution in [3.63, 3.8) is 0 Å². The van der Waals surface area contributed by atoms with Crippen LogP contribution in [0.4, 0.5) is 0 Å². The molecule has 1 radical (unpaired) electrons. The number of para-hydroxylation sites is 1. The third kappa shape index (κ3) is 1.15. The van der Waals surface area contributed by atoms with E-state index in [9.17, 15) is 4.79 Å². The Balaban J connectivity index is 2.81. The summed E-state index contributed by atoms with van der Waals surface area (Å²) in [6.45, 7) is 4.45. The average molecular weight is 172 g/mol. The van der Waals surface area contributed by atoms with Crippen LogP contribution >= 0.6 is 0 Å². The first-order valence-electron chi connectivity index (χ1n) is 4.19. The molecule has 0 N–H and O–H groups in total. The lowest BCUT2D eigenvalue weighted by atomic mass is 10.2. The summed E-state index contributed by atoms with van der Waals surface area (Å²) in [5.74, 6) is 0. The van der Waals surface area contributed by atoms with Crippen molar-refractivity contribution in [2.24, 2.45) is 0 Å². The van der Waals surface area contributed by atoms with E-state index in [0.717, 1.165) is 22.8 Å². The Morgan fingerprint density at radius 3 is 2.85 bits per heavy atom. The normalized spacial score (nSPS) is 10.5. The number of benzene rings is 1. The van der Waals surface area contributed by atoms with Gasteiger partial charge in [-0.05, 0) is 13.0 Å². The number of nitrogens with zero attached hydrogens (tertiary/aromatic N) is 1. The zero-order chi connectivity index (χ0) is 9.26. The number of carbonyl (C=O) groups is 1. The van der Waals surface area contributed by atoms with Gasteiger partial charge in [0.1, 0.15) is 0 Å². The van der Waals surface area contributed by atoms with Crippen LogP contribution in [0.2, 0.25) is 0 Å². The van der Waals surface area contributed by atoms with Crippen LogP contribution in [-0.2, 0) is 6.54 Å². The predicted octanol–water partition coefficient (Wildman–Crippen LogP) is 2.29. The van der Waals surface area contributed by atoms with E-state index in [1.54, 1.807) is 0 Å². The minimum Gasteiger partial charge on any atom is -0.347 e. The van der Waals surface area contributed by atoms with Gasteiger partial charge in [0, 0.05) is 29.2 Å². The molecule has 0 atom stereocenters. The van der Waals surface area contributed by atoms with Crippen molar-refractivity contribution in [2.75, 3.05) is 0 Å². The molecule has 0 amide bonds.